The molecule has 7 nitrogen and oxygen atoms in total. The minimum atomic E-state index is -3.83. The standard InChI is InChI=1S/C21H22F3N3O4S/c1-25-21(29)19(14-2-7-17(23)18(24)12-14)26-20(28)13-8-10-27(11-9-13)32(30,31)16-5-3-15(22)4-6-16/h2-7,12-13,19H,8-11H2,1H3,(H,25,29)(H,26,28). The fraction of sp³-hybridized carbons (Fsp3) is 0.333. The molecule has 0 saturated carbocycles. The van der Waals surface area contributed by atoms with E-state index in [-0.39, 0.29) is 36.4 Å². The summed E-state index contributed by atoms with van der Waals surface area (Å²) < 4.78 is 66.6. The van der Waals surface area contributed by atoms with Crippen molar-refractivity contribution in [3.05, 3.63) is 65.5 Å². The molecule has 0 aliphatic carbocycles. The number of hydrogen-bond acceptors (Lipinski definition) is 4. The smallest absolute Gasteiger partial charge is 0.246 e. The van der Waals surface area contributed by atoms with E-state index in [1.54, 1.807) is 0 Å². The highest BCUT2D eigenvalue weighted by molar-refractivity contribution is 7.89. The van der Waals surface area contributed by atoms with Gasteiger partial charge in [0.1, 0.15) is 11.9 Å². The van der Waals surface area contributed by atoms with Crippen molar-refractivity contribution in [2.24, 2.45) is 5.92 Å². The Kier molecular flexibility index (Phi) is 7.19. The van der Waals surface area contributed by atoms with Gasteiger partial charge < -0.3 is 10.6 Å². The van der Waals surface area contributed by atoms with Gasteiger partial charge in [0.05, 0.1) is 4.90 Å². The van der Waals surface area contributed by atoms with Gasteiger partial charge in [0.15, 0.2) is 11.6 Å². The Morgan fingerprint density at radius 3 is 2.19 bits per heavy atom. The first-order valence-corrected chi connectivity index (χ1v) is 11.3. The molecule has 11 heteroatoms. The van der Waals surface area contributed by atoms with Crippen molar-refractivity contribution < 1.29 is 31.2 Å². The maximum atomic E-state index is 13.6. The number of likely N-dealkylation sites (N-methyl/N-ethyl adjacent to an activating group) is 1. The van der Waals surface area contributed by atoms with E-state index in [1.807, 2.05) is 0 Å². The van der Waals surface area contributed by atoms with Gasteiger partial charge in [-0.15, -0.1) is 0 Å². The SMILES string of the molecule is CNC(=O)C(NC(=O)C1CCN(S(=O)(=O)c2ccc(F)cc2)CC1)c1ccc(F)c(F)c1. The lowest BCUT2D eigenvalue weighted by Crippen LogP contribution is -2.46. The quantitative estimate of drug-likeness (QED) is 0.678. The molecule has 32 heavy (non-hydrogen) atoms. The predicted molar refractivity (Wildman–Crippen MR) is 109 cm³/mol. The van der Waals surface area contributed by atoms with Crippen LogP contribution in [0.15, 0.2) is 47.4 Å². The number of rotatable bonds is 6. The lowest BCUT2D eigenvalue weighted by atomic mass is 9.96. The lowest BCUT2D eigenvalue weighted by Gasteiger charge is -2.31. The van der Waals surface area contributed by atoms with E-state index in [0.717, 1.165) is 24.3 Å². The molecule has 1 aliphatic heterocycles. The van der Waals surface area contributed by atoms with Crippen LogP contribution in [0, 0.1) is 23.4 Å². The van der Waals surface area contributed by atoms with E-state index >= 15 is 0 Å². The molecule has 0 radical (unpaired) electrons. The van der Waals surface area contributed by atoms with Crippen molar-refractivity contribution in [3.8, 4) is 0 Å². The van der Waals surface area contributed by atoms with E-state index in [2.05, 4.69) is 10.6 Å². The third kappa shape index (κ3) is 5.10. The Labute approximate surface area is 183 Å². The molecule has 1 aliphatic rings. The number of carbonyl (C=O) groups is 2. The van der Waals surface area contributed by atoms with Crippen LogP contribution in [0.4, 0.5) is 13.2 Å². The summed E-state index contributed by atoms with van der Waals surface area (Å²) in [6.07, 6.45) is 0.398. The summed E-state index contributed by atoms with van der Waals surface area (Å²) in [5.41, 5.74) is 0.0768. The number of hydrogen-bond donors (Lipinski definition) is 2. The minimum Gasteiger partial charge on any atom is -0.357 e. The summed E-state index contributed by atoms with van der Waals surface area (Å²) in [5, 5.41) is 4.91. The second kappa shape index (κ2) is 9.70. The van der Waals surface area contributed by atoms with Crippen LogP contribution in [0.2, 0.25) is 0 Å². The summed E-state index contributed by atoms with van der Waals surface area (Å²) in [6, 6.07) is 6.16. The van der Waals surface area contributed by atoms with Crippen LogP contribution in [-0.4, -0.2) is 44.7 Å². The second-order valence-corrected chi connectivity index (χ2v) is 9.30. The fourth-order valence-corrected chi connectivity index (χ4v) is 4.98. The average Bonchev–Trinajstić information content (AvgIpc) is 2.79. The van der Waals surface area contributed by atoms with Gasteiger partial charge >= 0.3 is 0 Å². The molecule has 2 aromatic rings. The summed E-state index contributed by atoms with van der Waals surface area (Å²) in [7, 11) is -2.48. The Morgan fingerprint density at radius 2 is 1.62 bits per heavy atom. The Balaban J connectivity index is 1.67. The first-order valence-electron chi connectivity index (χ1n) is 9.86. The first-order chi connectivity index (χ1) is 15.1. The molecule has 1 atom stereocenters. The molecule has 3 rings (SSSR count). The third-order valence-electron chi connectivity index (χ3n) is 5.35. The highest BCUT2D eigenvalue weighted by Crippen LogP contribution is 2.25. The van der Waals surface area contributed by atoms with Gasteiger partial charge in [0.2, 0.25) is 21.8 Å². The number of benzene rings is 2. The van der Waals surface area contributed by atoms with Crippen molar-refractivity contribution in [1.29, 1.82) is 0 Å². The summed E-state index contributed by atoms with van der Waals surface area (Å²) >= 11 is 0. The maximum Gasteiger partial charge on any atom is 0.246 e. The number of amides is 2. The minimum absolute atomic E-state index is 0.0418. The third-order valence-corrected chi connectivity index (χ3v) is 7.26. The van der Waals surface area contributed by atoms with Crippen LogP contribution in [-0.2, 0) is 19.6 Å². The normalized spacial score (nSPS) is 16.4. The van der Waals surface area contributed by atoms with E-state index in [0.29, 0.717) is 0 Å². The van der Waals surface area contributed by atoms with Gasteiger partial charge in [-0.3, -0.25) is 9.59 Å². The molecular weight excluding hydrogens is 447 g/mol. The van der Waals surface area contributed by atoms with Crippen LogP contribution in [0.5, 0.6) is 0 Å². The van der Waals surface area contributed by atoms with Gasteiger partial charge in [-0.25, -0.2) is 21.6 Å². The van der Waals surface area contributed by atoms with E-state index < -0.39 is 51.2 Å². The molecule has 0 aromatic heterocycles. The summed E-state index contributed by atoms with van der Waals surface area (Å²) in [4.78, 5) is 24.9. The Hall–Kier alpha value is -2.92. The van der Waals surface area contributed by atoms with Crippen molar-refractivity contribution >= 4 is 21.8 Å². The number of nitrogens with one attached hydrogen (secondary N) is 2. The molecule has 1 fully saturated rings. The monoisotopic (exact) mass is 469 g/mol. The molecule has 1 heterocycles. The number of sulfonamides is 1. The second-order valence-electron chi connectivity index (χ2n) is 7.36. The summed E-state index contributed by atoms with van der Waals surface area (Å²) in [5.74, 6) is -4.46. The van der Waals surface area contributed by atoms with Gasteiger partial charge in [-0.1, -0.05) is 6.07 Å². The molecule has 0 bridgehead atoms. The number of halogens is 3. The molecule has 2 aromatic carbocycles. The number of carbonyl (C=O) groups excluding carboxylic acids is 2. The highest BCUT2D eigenvalue weighted by atomic mass is 32.2. The topological polar surface area (TPSA) is 95.6 Å². The van der Waals surface area contributed by atoms with Crippen LogP contribution >= 0.6 is 0 Å². The largest absolute Gasteiger partial charge is 0.357 e. The fourth-order valence-electron chi connectivity index (χ4n) is 3.51. The zero-order valence-electron chi connectivity index (χ0n) is 17.1. The Morgan fingerprint density at radius 1 is 1.00 bits per heavy atom. The summed E-state index contributed by atoms with van der Waals surface area (Å²) in [6.45, 7) is 0.126. The molecule has 2 amide bonds. The number of piperidine rings is 1. The average molecular weight is 469 g/mol. The molecular formula is C21H22F3N3O4S. The van der Waals surface area contributed by atoms with E-state index in [9.17, 15) is 31.2 Å². The number of nitrogens with zero attached hydrogens (tertiary/aromatic N) is 1. The first kappa shape index (κ1) is 23.7. The highest BCUT2D eigenvalue weighted by Gasteiger charge is 2.34. The van der Waals surface area contributed by atoms with Gasteiger partial charge in [-0.05, 0) is 54.8 Å². The van der Waals surface area contributed by atoms with Crippen LogP contribution in [0.25, 0.3) is 0 Å². The van der Waals surface area contributed by atoms with Crippen molar-refractivity contribution in [2.75, 3.05) is 20.1 Å². The van der Waals surface area contributed by atoms with E-state index in [1.165, 1.54) is 29.6 Å². The molecule has 1 saturated heterocycles. The van der Waals surface area contributed by atoms with Crippen molar-refractivity contribution in [3.63, 3.8) is 0 Å². The molecule has 2 N–H and O–H groups in total. The maximum absolute atomic E-state index is 13.6. The van der Waals surface area contributed by atoms with Crippen molar-refractivity contribution in [1.82, 2.24) is 14.9 Å². The van der Waals surface area contributed by atoms with Crippen LogP contribution in [0.3, 0.4) is 0 Å². The van der Waals surface area contributed by atoms with Gasteiger partial charge in [-0.2, -0.15) is 4.31 Å². The zero-order valence-corrected chi connectivity index (χ0v) is 18.0. The van der Waals surface area contributed by atoms with Gasteiger partial charge in [0, 0.05) is 26.1 Å². The zero-order chi connectivity index (χ0) is 23.5. The Bertz CT molecular complexity index is 1100. The molecule has 1 unspecified atom stereocenters. The van der Waals surface area contributed by atoms with Crippen LogP contribution < -0.4 is 10.6 Å². The van der Waals surface area contributed by atoms with Gasteiger partial charge in [0.25, 0.3) is 0 Å². The van der Waals surface area contributed by atoms with Crippen molar-refractivity contribution in [2.45, 2.75) is 23.8 Å². The van der Waals surface area contributed by atoms with E-state index in [4.69, 9.17) is 0 Å². The predicted octanol–water partition coefficient (Wildman–Crippen LogP) is 2.11. The van der Waals surface area contributed by atoms with Crippen LogP contribution in [0.1, 0.15) is 24.4 Å². The molecule has 172 valence electrons. The lowest BCUT2D eigenvalue weighted by molar-refractivity contribution is -0.131. The molecule has 0 spiro atoms.